The highest BCUT2D eigenvalue weighted by molar-refractivity contribution is 6.05. The van der Waals surface area contributed by atoms with Gasteiger partial charge < -0.3 is 10.6 Å². The van der Waals surface area contributed by atoms with Crippen molar-refractivity contribution < 1.29 is 18.0 Å². The number of benzene rings is 2. The van der Waals surface area contributed by atoms with Crippen LogP contribution >= 0.6 is 0 Å². The molecule has 0 saturated carbocycles. The second kappa shape index (κ2) is 6.19. The average molecular weight is 331 g/mol. The first-order valence-electron chi connectivity index (χ1n) is 7.01. The fourth-order valence-corrected chi connectivity index (χ4v) is 2.26. The Labute approximate surface area is 135 Å². The standard InChI is InChI=1S/C17H12F3N3O/c18-17(19,20)12-4-6-13(7-5-12)22-16(24)23-15-3-1-2-11-10-21-9-8-14(11)15/h1-10H,(H2,22,23,24). The monoisotopic (exact) mass is 331 g/mol. The number of hydrogen-bond acceptors (Lipinski definition) is 2. The van der Waals surface area contributed by atoms with Gasteiger partial charge in [-0.25, -0.2) is 4.79 Å². The molecule has 2 aromatic carbocycles. The van der Waals surface area contributed by atoms with Crippen molar-refractivity contribution in [2.75, 3.05) is 10.6 Å². The molecule has 0 radical (unpaired) electrons. The maximum absolute atomic E-state index is 12.5. The van der Waals surface area contributed by atoms with Gasteiger partial charge in [-0.2, -0.15) is 13.2 Å². The molecule has 2 amide bonds. The van der Waals surface area contributed by atoms with Crippen molar-refractivity contribution >= 4 is 28.2 Å². The molecule has 3 aromatic rings. The Morgan fingerprint density at radius 1 is 0.958 bits per heavy atom. The van der Waals surface area contributed by atoms with Crippen LogP contribution in [-0.2, 0) is 6.18 Å². The van der Waals surface area contributed by atoms with Gasteiger partial charge in [0, 0.05) is 28.9 Å². The van der Waals surface area contributed by atoms with Crippen LogP contribution in [0.15, 0.2) is 60.9 Å². The number of anilines is 2. The van der Waals surface area contributed by atoms with E-state index < -0.39 is 17.8 Å². The van der Waals surface area contributed by atoms with Gasteiger partial charge in [0.05, 0.1) is 11.3 Å². The van der Waals surface area contributed by atoms with Gasteiger partial charge in [-0.15, -0.1) is 0 Å². The molecule has 3 rings (SSSR count). The van der Waals surface area contributed by atoms with Crippen molar-refractivity contribution in [3.05, 3.63) is 66.5 Å². The summed E-state index contributed by atoms with van der Waals surface area (Å²) < 4.78 is 37.5. The lowest BCUT2D eigenvalue weighted by Gasteiger charge is -2.11. The number of carbonyl (C=O) groups is 1. The van der Waals surface area contributed by atoms with Crippen LogP contribution in [0.2, 0.25) is 0 Å². The summed E-state index contributed by atoms with van der Waals surface area (Å²) in [7, 11) is 0. The molecule has 0 aliphatic heterocycles. The van der Waals surface area contributed by atoms with Gasteiger partial charge in [0.25, 0.3) is 0 Å². The third-order valence-electron chi connectivity index (χ3n) is 3.40. The quantitative estimate of drug-likeness (QED) is 0.702. The molecule has 0 saturated heterocycles. The van der Waals surface area contributed by atoms with Gasteiger partial charge in [0.15, 0.2) is 0 Å². The fourth-order valence-electron chi connectivity index (χ4n) is 2.26. The number of rotatable bonds is 2. The number of alkyl halides is 3. The number of amides is 2. The van der Waals surface area contributed by atoms with Gasteiger partial charge in [0.2, 0.25) is 0 Å². The van der Waals surface area contributed by atoms with Crippen molar-refractivity contribution in [1.82, 2.24) is 4.98 Å². The zero-order valence-electron chi connectivity index (χ0n) is 12.3. The summed E-state index contributed by atoms with van der Waals surface area (Å²) in [4.78, 5) is 16.1. The highest BCUT2D eigenvalue weighted by atomic mass is 19.4. The molecule has 122 valence electrons. The maximum Gasteiger partial charge on any atom is 0.416 e. The molecule has 0 unspecified atom stereocenters. The Kier molecular flexibility index (Phi) is 4.07. The number of nitrogens with one attached hydrogen (secondary N) is 2. The normalized spacial score (nSPS) is 11.3. The van der Waals surface area contributed by atoms with E-state index in [9.17, 15) is 18.0 Å². The number of carbonyl (C=O) groups excluding carboxylic acids is 1. The zero-order valence-corrected chi connectivity index (χ0v) is 12.3. The van der Waals surface area contributed by atoms with E-state index in [1.165, 1.54) is 12.1 Å². The minimum absolute atomic E-state index is 0.266. The highest BCUT2D eigenvalue weighted by Crippen LogP contribution is 2.30. The Bertz CT molecular complexity index is 871. The molecule has 1 aromatic heterocycles. The van der Waals surface area contributed by atoms with Gasteiger partial charge >= 0.3 is 12.2 Å². The lowest BCUT2D eigenvalue weighted by molar-refractivity contribution is -0.137. The van der Waals surface area contributed by atoms with Crippen LogP contribution < -0.4 is 10.6 Å². The lowest BCUT2D eigenvalue weighted by atomic mass is 10.1. The molecular formula is C17H12F3N3O. The highest BCUT2D eigenvalue weighted by Gasteiger charge is 2.29. The number of fused-ring (bicyclic) bond motifs is 1. The predicted octanol–water partition coefficient (Wildman–Crippen LogP) is 4.90. The molecule has 0 aliphatic rings. The molecule has 0 spiro atoms. The number of pyridine rings is 1. The minimum Gasteiger partial charge on any atom is -0.308 e. The van der Waals surface area contributed by atoms with Crippen molar-refractivity contribution in [1.29, 1.82) is 0 Å². The van der Waals surface area contributed by atoms with E-state index in [1.807, 2.05) is 6.07 Å². The number of aromatic nitrogens is 1. The Balaban J connectivity index is 1.73. The molecule has 2 N–H and O–H groups in total. The topological polar surface area (TPSA) is 54.0 Å². The molecule has 4 nitrogen and oxygen atoms in total. The number of urea groups is 1. The molecular weight excluding hydrogens is 319 g/mol. The zero-order chi connectivity index (χ0) is 17.2. The van der Waals surface area contributed by atoms with E-state index in [1.54, 1.807) is 30.6 Å². The Morgan fingerprint density at radius 3 is 2.42 bits per heavy atom. The van der Waals surface area contributed by atoms with E-state index in [2.05, 4.69) is 15.6 Å². The van der Waals surface area contributed by atoms with Crippen LogP contribution in [0, 0.1) is 0 Å². The first-order valence-corrected chi connectivity index (χ1v) is 7.01. The molecule has 0 fully saturated rings. The molecule has 1 heterocycles. The van der Waals surface area contributed by atoms with Crippen LogP contribution in [0.1, 0.15) is 5.56 Å². The summed E-state index contributed by atoms with van der Waals surface area (Å²) in [5, 5.41) is 6.86. The molecule has 0 aliphatic carbocycles. The minimum atomic E-state index is -4.40. The van der Waals surface area contributed by atoms with Crippen LogP contribution in [0.3, 0.4) is 0 Å². The lowest BCUT2D eigenvalue weighted by Crippen LogP contribution is -2.19. The van der Waals surface area contributed by atoms with Crippen molar-refractivity contribution in [3.8, 4) is 0 Å². The number of hydrogen-bond donors (Lipinski definition) is 2. The number of nitrogens with zero attached hydrogens (tertiary/aromatic N) is 1. The Hall–Kier alpha value is -3.09. The van der Waals surface area contributed by atoms with E-state index in [4.69, 9.17) is 0 Å². The van der Waals surface area contributed by atoms with Crippen molar-refractivity contribution in [2.24, 2.45) is 0 Å². The average Bonchev–Trinajstić information content (AvgIpc) is 2.55. The molecule has 0 atom stereocenters. The summed E-state index contributed by atoms with van der Waals surface area (Å²) >= 11 is 0. The van der Waals surface area contributed by atoms with Crippen LogP contribution in [-0.4, -0.2) is 11.0 Å². The third kappa shape index (κ3) is 3.45. The SMILES string of the molecule is O=C(Nc1ccc(C(F)(F)F)cc1)Nc1cccc2cnccc12. The first-order chi connectivity index (χ1) is 11.4. The molecule has 7 heteroatoms. The van der Waals surface area contributed by atoms with Gasteiger partial charge in [-0.1, -0.05) is 12.1 Å². The third-order valence-corrected chi connectivity index (χ3v) is 3.40. The fraction of sp³-hybridized carbons (Fsp3) is 0.0588. The maximum atomic E-state index is 12.5. The van der Waals surface area contributed by atoms with E-state index in [0.29, 0.717) is 5.69 Å². The summed E-state index contributed by atoms with van der Waals surface area (Å²) in [5.74, 6) is 0. The summed E-state index contributed by atoms with van der Waals surface area (Å²) in [6, 6.07) is 10.8. The van der Waals surface area contributed by atoms with E-state index >= 15 is 0 Å². The summed E-state index contributed by atoms with van der Waals surface area (Å²) in [6.45, 7) is 0. The summed E-state index contributed by atoms with van der Waals surface area (Å²) in [6.07, 6.45) is -1.12. The second-order valence-electron chi connectivity index (χ2n) is 5.06. The van der Waals surface area contributed by atoms with Crippen LogP contribution in [0.25, 0.3) is 10.8 Å². The van der Waals surface area contributed by atoms with Crippen molar-refractivity contribution in [2.45, 2.75) is 6.18 Å². The van der Waals surface area contributed by atoms with Gasteiger partial charge in [-0.05, 0) is 36.4 Å². The molecule has 24 heavy (non-hydrogen) atoms. The van der Waals surface area contributed by atoms with Crippen LogP contribution in [0.4, 0.5) is 29.3 Å². The van der Waals surface area contributed by atoms with Crippen LogP contribution in [0.5, 0.6) is 0 Å². The number of halogens is 3. The second-order valence-corrected chi connectivity index (χ2v) is 5.06. The Morgan fingerprint density at radius 2 is 1.71 bits per heavy atom. The smallest absolute Gasteiger partial charge is 0.308 e. The van der Waals surface area contributed by atoms with Gasteiger partial charge in [-0.3, -0.25) is 4.98 Å². The first kappa shape index (κ1) is 15.8. The molecule has 0 bridgehead atoms. The van der Waals surface area contributed by atoms with E-state index in [-0.39, 0.29) is 5.69 Å². The predicted molar refractivity (Wildman–Crippen MR) is 85.8 cm³/mol. The van der Waals surface area contributed by atoms with Crippen molar-refractivity contribution in [3.63, 3.8) is 0 Å². The largest absolute Gasteiger partial charge is 0.416 e. The summed E-state index contributed by atoms with van der Waals surface area (Å²) in [5.41, 5.74) is 0.0803. The van der Waals surface area contributed by atoms with E-state index in [0.717, 1.165) is 22.9 Å². The van der Waals surface area contributed by atoms with Gasteiger partial charge in [0.1, 0.15) is 0 Å².